The Hall–Kier alpha value is -1.71. The van der Waals surface area contributed by atoms with Crippen molar-refractivity contribution in [3.05, 3.63) is 59.2 Å². The molecule has 1 N–H and O–H groups in total. The molecule has 1 aliphatic carbocycles. The smallest absolute Gasteiger partial charge is 0.416 e. The number of likely N-dealkylation sites (N-methyl/N-ethyl adjacent to an activating group) is 1. The highest BCUT2D eigenvalue weighted by molar-refractivity contribution is 5.85. The molecule has 2 aliphatic rings. The molecular formula is C28H39Cl2F3N2O3. The lowest BCUT2D eigenvalue weighted by atomic mass is 9.72. The summed E-state index contributed by atoms with van der Waals surface area (Å²) in [6.45, 7) is 4.92. The van der Waals surface area contributed by atoms with Gasteiger partial charge in [0.15, 0.2) is 11.5 Å². The number of nitrogens with zero attached hydrogens (tertiary/aromatic N) is 2. The van der Waals surface area contributed by atoms with Gasteiger partial charge in [-0.1, -0.05) is 37.5 Å². The van der Waals surface area contributed by atoms with Gasteiger partial charge in [0, 0.05) is 38.6 Å². The Kier molecular flexibility index (Phi) is 12.0. The first-order chi connectivity index (χ1) is 17.2. The van der Waals surface area contributed by atoms with Crippen molar-refractivity contribution in [1.29, 1.82) is 0 Å². The van der Waals surface area contributed by atoms with Gasteiger partial charge in [0.25, 0.3) is 0 Å². The first-order valence-corrected chi connectivity index (χ1v) is 12.8. The van der Waals surface area contributed by atoms with Crippen LogP contribution in [0.1, 0.15) is 54.7 Å². The lowest BCUT2D eigenvalue weighted by Crippen LogP contribution is -2.50. The fourth-order valence-corrected chi connectivity index (χ4v) is 5.36. The summed E-state index contributed by atoms with van der Waals surface area (Å²) in [4.78, 5) is 4.77. The van der Waals surface area contributed by atoms with Gasteiger partial charge in [-0.25, -0.2) is 0 Å². The fourth-order valence-electron chi connectivity index (χ4n) is 5.36. The van der Waals surface area contributed by atoms with Crippen LogP contribution < -0.4 is 9.47 Å². The van der Waals surface area contributed by atoms with E-state index in [9.17, 15) is 18.3 Å². The summed E-state index contributed by atoms with van der Waals surface area (Å²) < 4.78 is 50.0. The molecule has 4 rings (SSSR count). The van der Waals surface area contributed by atoms with Gasteiger partial charge in [0.2, 0.25) is 0 Å². The molecule has 1 atom stereocenters. The van der Waals surface area contributed by atoms with Gasteiger partial charge in [-0.2, -0.15) is 13.2 Å². The van der Waals surface area contributed by atoms with E-state index in [0.29, 0.717) is 17.1 Å². The van der Waals surface area contributed by atoms with Gasteiger partial charge in [0.1, 0.15) is 6.61 Å². The van der Waals surface area contributed by atoms with Gasteiger partial charge in [-0.05, 0) is 55.3 Å². The van der Waals surface area contributed by atoms with E-state index in [2.05, 4.69) is 16.8 Å². The molecular weight excluding hydrogens is 540 g/mol. The highest BCUT2D eigenvalue weighted by Crippen LogP contribution is 2.43. The molecule has 1 aliphatic heterocycles. The third kappa shape index (κ3) is 8.15. The molecule has 1 heterocycles. The lowest BCUT2D eigenvalue weighted by molar-refractivity contribution is -0.137. The van der Waals surface area contributed by atoms with Crippen molar-refractivity contribution in [3.63, 3.8) is 0 Å². The number of halogens is 5. The van der Waals surface area contributed by atoms with Crippen LogP contribution in [0.5, 0.6) is 11.5 Å². The molecule has 1 saturated heterocycles. The number of hydrogen-bond acceptors (Lipinski definition) is 5. The quantitative estimate of drug-likeness (QED) is 0.406. The summed E-state index contributed by atoms with van der Waals surface area (Å²) in [5.41, 5.74) is 0.228. The largest absolute Gasteiger partial charge is 0.493 e. The van der Waals surface area contributed by atoms with E-state index >= 15 is 0 Å². The number of rotatable bonds is 8. The third-order valence-electron chi connectivity index (χ3n) is 7.67. The lowest BCUT2D eigenvalue weighted by Gasteiger charge is -2.43. The molecule has 5 nitrogen and oxygen atoms in total. The van der Waals surface area contributed by atoms with Crippen molar-refractivity contribution in [3.8, 4) is 11.5 Å². The number of ether oxygens (including phenoxy) is 2. The van der Waals surface area contributed by atoms with Crippen LogP contribution in [0.2, 0.25) is 0 Å². The van der Waals surface area contributed by atoms with Crippen LogP contribution in [-0.2, 0) is 12.8 Å². The topological polar surface area (TPSA) is 45.2 Å². The summed E-state index contributed by atoms with van der Waals surface area (Å²) in [6.07, 6.45) is 0.438. The molecule has 38 heavy (non-hydrogen) atoms. The second kappa shape index (κ2) is 14.1. The predicted molar refractivity (Wildman–Crippen MR) is 148 cm³/mol. The highest BCUT2D eigenvalue weighted by atomic mass is 35.5. The normalized spacial score (nSPS) is 19.1. The van der Waals surface area contributed by atoms with E-state index in [1.165, 1.54) is 12.1 Å². The zero-order chi connectivity index (χ0) is 25.8. The Morgan fingerprint density at radius 3 is 2.13 bits per heavy atom. The van der Waals surface area contributed by atoms with E-state index in [4.69, 9.17) is 9.47 Å². The second-order valence-electron chi connectivity index (χ2n) is 10.2. The summed E-state index contributed by atoms with van der Waals surface area (Å²) in [5.74, 6) is 1.04. The van der Waals surface area contributed by atoms with Crippen LogP contribution in [0.25, 0.3) is 0 Å². The molecule has 0 amide bonds. The van der Waals surface area contributed by atoms with Gasteiger partial charge in [0.05, 0.1) is 18.3 Å². The Labute approximate surface area is 236 Å². The Morgan fingerprint density at radius 1 is 0.921 bits per heavy atom. The number of aliphatic hydroxyl groups is 1. The molecule has 0 aromatic heterocycles. The van der Waals surface area contributed by atoms with E-state index < -0.39 is 17.3 Å². The average molecular weight is 580 g/mol. The zero-order valence-electron chi connectivity index (χ0n) is 22.0. The number of piperazine rings is 1. The van der Waals surface area contributed by atoms with E-state index in [1.807, 2.05) is 18.2 Å². The molecule has 214 valence electrons. The number of methoxy groups -OCH3 is 1. The van der Waals surface area contributed by atoms with E-state index in [-0.39, 0.29) is 37.3 Å². The van der Waals surface area contributed by atoms with Crippen molar-refractivity contribution in [1.82, 2.24) is 9.80 Å². The Balaban J connectivity index is 0.00000253. The maximum atomic E-state index is 12.8. The van der Waals surface area contributed by atoms with Crippen LogP contribution in [0.3, 0.4) is 0 Å². The fraction of sp³-hybridized carbons (Fsp3) is 0.571. The third-order valence-corrected chi connectivity index (χ3v) is 7.67. The highest BCUT2D eigenvalue weighted by Gasteiger charge is 2.40. The molecule has 0 spiro atoms. The van der Waals surface area contributed by atoms with Crippen LogP contribution >= 0.6 is 24.8 Å². The average Bonchev–Trinajstić information content (AvgIpc) is 2.87. The first kappa shape index (κ1) is 32.5. The molecule has 2 aromatic carbocycles. The van der Waals surface area contributed by atoms with Crippen molar-refractivity contribution < 1.29 is 27.8 Å². The molecule has 0 bridgehead atoms. The minimum absolute atomic E-state index is 0. The molecule has 2 aromatic rings. The summed E-state index contributed by atoms with van der Waals surface area (Å²) in [6, 6.07) is 10.8. The molecule has 0 radical (unpaired) electrons. The van der Waals surface area contributed by atoms with Crippen LogP contribution in [-0.4, -0.2) is 67.4 Å². The van der Waals surface area contributed by atoms with Gasteiger partial charge in [-0.15, -0.1) is 24.8 Å². The molecule has 10 heteroatoms. The maximum absolute atomic E-state index is 12.8. The summed E-state index contributed by atoms with van der Waals surface area (Å²) in [7, 11) is 3.71. The molecule has 2 fully saturated rings. The minimum atomic E-state index is -4.36. The minimum Gasteiger partial charge on any atom is -0.493 e. The van der Waals surface area contributed by atoms with Crippen LogP contribution in [0.4, 0.5) is 13.2 Å². The monoisotopic (exact) mass is 578 g/mol. The van der Waals surface area contributed by atoms with Crippen LogP contribution in [0, 0.1) is 0 Å². The molecule has 1 unspecified atom stereocenters. The van der Waals surface area contributed by atoms with Crippen molar-refractivity contribution >= 4 is 24.8 Å². The van der Waals surface area contributed by atoms with Gasteiger partial charge in [-0.3, -0.25) is 0 Å². The maximum Gasteiger partial charge on any atom is 0.416 e. The standard InChI is InChI=1S/C28H37F3N2O3.2ClH/c1-32-14-16-33(17-15-32)19-24(27(34)12-4-3-5-13-27)22-8-11-25(26(18-22)35-2)36-20-21-6-9-23(10-7-21)28(29,30)31;;/h6-11,18,24,34H,3-5,12-17,19-20H2,1-2H3;2*1H. The Bertz CT molecular complexity index is 994. The Morgan fingerprint density at radius 2 is 1.55 bits per heavy atom. The first-order valence-electron chi connectivity index (χ1n) is 12.8. The number of benzene rings is 2. The predicted octanol–water partition coefficient (Wildman–Crippen LogP) is 6.16. The SMILES string of the molecule is COc1cc(C(CN2CCN(C)CC2)C2(O)CCCCC2)ccc1OCc1ccc(C(F)(F)F)cc1.Cl.Cl. The summed E-state index contributed by atoms with van der Waals surface area (Å²) in [5, 5.41) is 11.7. The van der Waals surface area contributed by atoms with Crippen molar-refractivity contribution in [2.75, 3.05) is 46.9 Å². The zero-order valence-corrected chi connectivity index (χ0v) is 23.6. The van der Waals surface area contributed by atoms with Crippen molar-refractivity contribution in [2.24, 2.45) is 0 Å². The second-order valence-corrected chi connectivity index (χ2v) is 10.2. The van der Waals surface area contributed by atoms with Gasteiger partial charge < -0.3 is 24.4 Å². The van der Waals surface area contributed by atoms with Crippen LogP contribution in [0.15, 0.2) is 42.5 Å². The van der Waals surface area contributed by atoms with E-state index in [1.54, 1.807) is 7.11 Å². The van der Waals surface area contributed by atoms with E-state index in [0.717, 1.165) is 82.5 Å². The van der Waals surface area contributed by atoms with Crippen molar-refractivity contribution in [2.45, 2.75) is 56.4 Å². The number of hydrogen-bond donors (Lipinski definition) is 1. The van der Waals surface area contributed by atoms with Gasteiger partial charge >= 0.3 is 6.18 Å². The number of alkyl halides is 3. The molecule has 1 saturated carbocycles. The summed E-state index contributed by atoms with van der Waals surface area (Å²) >= 11 is 0.